The van der Waals surface area contributed by atoms with Gasteiger partial charge < -0.3 is 14.6 Å². The first kappa shape index (κ1) is 22.4. The molecular formula is C28H26F2O4. The lowest BCUT2D eigenvalue weighted by atomic mass is 9.90. The van der Waals surface area contributed by atoms with Crippen LogP contribution in [0.4, 0.5) is 8.78 Å². The van der Waals surface area contributed by atoms with Crippen LogP contribution in [0.2, 0.25) is 0 Å². The molecule has 1 N–H and O–H groups in total. The van der Waals surface area contributed by atoms with Crippen LogP contribution in [0.5, 0.6) is 11.5 Å². The lowest BCUT2D eigenvalue weighted by Gasteiger charge is -2.20. The highest BCUT2D eigenvalue weighted by Crippen LogP contribution is 2.47. The number of fused-ring (bicyclic) bond motifs is 1. The number of aryl methyl sites for hydroxylation is 1. The third-order valence-corrected chi connectivity index (χ3v) is 6.90. The topological polar surface area (TPSA) is 55.8 Å². The van der Waals surface area contributed by atoms with Gasteiger partial charge in [-0.25, -0.2) is 8.78 Å². The Bertz CT molecular complexity index is 1240. The van der Waals surface area contributed by atoms with Gasteiger partial charge in [-0.05, 0) is 78.1 Å². The summed E-state index contributed by atoms with van der Waals surface area (Å²) in [6, 6.07) is 15.4. The molecule has 5 rings (SSSR count). The highest BCUT2D eigenvalue weighted by molar-refractivity contribution is 5.69. The maximum atomic E-state index is 15.4. The summed E-state index contributed by atoms with van der Waals surface area (Å²) in [5.41, 5.74) is 3.65. The van der Waals surface area contributed by atoms with Gasteiger partial charge in [0, 0.05) is 11.5 Å². The number of hydrogen-bond acceptors (Lipinski definition) is 3. The first-order valence-corrected chi connectivity index (χ1v) is 11.6. The molecule has 176 valence electrons. The van der Waals surface area contributed by atoms with E-state index in [4.69, 9.17) is 9.47 Å². The standard InChI is InChI=1S/C28H26F2O4/c1-33-19-9-11-24(29)23(14-19)18-7-10-20-17(13-18)8-12-25(20)34-26-4-2-3-21(28(26)30)22(15-27(31)32)16-5-6-16/h2-4,7,9-11,13-14,16,22,25H,5-6,8,12,15H2,1H3,(H,31,32). The predicted molar refractivity (Wildman–Crippen MR) is 124 cm³/mol. The second-order valence-corrected chi connectivity index (χ2v) is 9.11. The fraction of sp³-hybridized carbons (Fsp3) is 0.321. The predicted octanol–water partition coefficient (Wildman–Crippen LogP) is 6.68. The summed E-state index contributed by atoms with van der Waals surface area (Å²) >= 11 is 0. The average Bonchev–Trinajstić information content (AvgIpc) is 3.60. The first-order chi connectivity index (χ1) is 16.4. The summed E-state index contributed by atoms with van der Waals surface area (Å²) < 4.78 is 41.2. The van der Waals surface area contributed by atoms with E-state index >= 15 is 4.39 Å². The number of benzene rings is 3. The maximum Gasteiger partial charge on any atom is 0.303 e. The first-order valence-electron chi connectivity index (χ1n) is 11.6. The van der Waals surface area contributed by atoms with Crippen molar-refractivity contribution in [1.29, 1.82) is 0 Å². The van der Waals surface area contributed by atoms with Crippen LogP contribution in [-0.2, 0) is 11.2 Å². The van der Waals surface area contributed by atoms with Crippen LogP contribution in [0.1, 0.15) is 54.4 Å². The average molecular weight is 465 g/mol. The van der Waals surface area contributed by atoms with Gasteiger partial charge in [-0.15, -0.1) is 0 Å². The highest BCUT2D eigenvalue weighted by atomic mass is 19.1. The van der Waals surface area contributed by atoms with Crippen molar-refractivity contribution < 1.29 is 28.2 Å². The molecule has 0 aromatic heterocycles. The molecule has 0 aliphatic heterocycles. The highest BCUT2D eigenvalue weighted by Gasteiger charge is 2.36. The molecule has 0 heterocycles. The fourth-order valence-corrected chi connectivity index (χ4v) is 5.00. The van der Waals surface area contributed by atoms with Crippen LogP contribution in [0.3, 0.4) is 0 Å². The quantitative estimate of drug-likeness (QED) is 0.404. The number of halogens is 2. The molecule has 2 aliphatic rings. The molecule has 1 fully saturated rings. The Morgan fingerprint density at radius 3 is 2.65 bits per heavy atom. The lowest BCUT2D eigenvalue weighted by Crippen LogP contribution is -2.12. The molecule has 34 heavy (non-hydrogen) atoms. The van der Waals surface area contributed by atoms with Gasteiger partial charge in [0.2, 0.25) is 0 Å². The normalized spacial score (nSPS) is 17.8. The maximum absolute atomic E-state index is 15.4. The van der Waals surface area contributed by atoms with Crippen molar-refractivity contribution in [3.63, 3.8) is 0 Å². The molecule has 0 spiro atoms. The smallest absolute Gasteiger partial charge is 0.303 e. The zero-order valence-electron chi connectivity index (χ0n) is 18.9. The van der Waals surface area contributed by atoms with Crippen LogP contribution in [0.25, 0.3) is 11.1 Å². The summed E-state index contributed by atoms with van der Waals surface area (Å²) in [4.78, 5) is 11.3. The minimum atomic E-state index is -0.921. The van der Waals surface area contributed by atoms with Crippen LogP contribution in [-0.4, -0.2) is 18.2 Å². The van der Waals surface area contributed by atoms with Crippen molar-refractivity contribution in [2.45, 2.75) is 44.1 Å². The number of hydrogen-bond donors (Lipinski definition) is 1. The Morgan fingerprint density at radius 1 is 1.09 bits per heavy atom. The summed E-state index contributed by atoms with van der Waals surface area (Å²) in [5, 5.41) is 9.29. The van der Waals surface area contributed by atoms with Crippen molar-refractivity contribution in [2.75, 3.05) is 7.11 Å². The SMILES string of the molecule is COc1ccc(F)c(-c2ccc3c(c2)CCC3Oc2cccc(C(CC(=O)O)C3CC3)c2F)c1. The van der Waals surface area contributed by atoms with Gasteiger partial charge in [0.25, 0.3) is 0 Å². The van der Waals surface area contributed by atoms with Crippen molar-refractivity contribution >= 4 is 5.97 Å². The largest absolute Gasteiger partial charge is 0.497 e. The van der Waals surface area contributed by atoms with E-state index in [0.717, 1.165) is 36.0 Å². The van der Waals surface area contributed by atoms with Crippen molar-refractivity contribution in [3.05, 3.63) is 82.9 Å². The molecule has 0 bridgehead atoms. The molecular weight excluding hydrogens is 438 g/mol. The summed E-state index contributed by atoms with van der Waals surface area (Å²) in [7, 11) is 1.55. The Hall–Kier alpha value is -3.41. The van der Waals surface area contributed by atoms with E-state index < -0.39 is 11.8 Å². The van der Waals surface area contributed by atoms with Gasteiger partial charge in [0.15, 0.2) is 11.6 Å². The molecule has 0 amide bonds. The Labute approximate surface area is 197 Å². The molecule has 2 aliphatic carbocycles. The van der Waals surface area contributed by atoms with Gasteiger partial charge in [-0.3, -0.25) is 4.79 Å². The van der Waals surface area contributed by atoms with Crippen molar-refractivity contribution in [3.8, 4) is 22.6 Å². The molecule has 2 unspecified atom stereocenters. The number of methoxy groups -OCH3 is 1. The van der Waals surface area contributed by atoms with Crippen LogP contribution >= 0.6 is 0 Å². The number of ether oxygens (including phenoxy) is 2. The van der Waals surface area contributed by atoms with E-state index in [-0.39, 0.29) is 35.9 Å². The number of carbonyl (C=O) groups is 1. The van der Waals surface area contributed by atoms with Gasteiger partial charge in [0.1, 0.15) is 17.7 Å². The number of aliphatic carboxylic acids is 1. The molecule has 3 aromatic rings. The third-order valence-electron chi connectivity index (χ3n) is 6.90. The van der Waals surface area contributed by atoms with E-state index in [0.29, 0.717) is 23.3 Å². The second kappa shape index (κ2) is 9.09. The zero-order valence-corrected chi connectivity index (χ0v) is 18.9. The molecule has 0 saturated heterocycles. The summed E-state index contributed by atoms with van der Waals surface area (Å²) in [6.07, 6.45) is 2.88. The minimum Gasteiger partial charge on any atom is -0.497 e. The number of carboxylic acids is 1. The lowest BCUT2D eigenvalue weighted by molar-refractivity contribution is -0.137. The van der Waals surface area contributed by atoms with E-state index in [1.807, 2.05) is 18.2 Å². The Balaban J connectivity index is 1.40. The van der Waals surface area contributed by atoms with Gasteiger partial charge in [0.05, 0.1) is 13.5 Å². The van der Waals surface area contributed by atoms with Crippen LogP contribution < -0.4 is 9.47 Å². The summed E-state index contributed by atoms with van der Waals surface area (Å²) in [6.45, 7) is 0. The Morgan fingerprint density at radius 2 is 1.91 bits per heavy atom. The van der Waals surface area contributed by atoms with Gasteiger partial charge in [-0.1, -0.05) is 30.3 Å². The second-order valence-electron chi connectivity index (χ2n) is 9.11. The number of rotatable bonds is 8. The van der Waals surface area contributed by atoms with E-state index in [1.54, 1.807) is 37.4 Å². The van der Waals surface area contributed by atoms with Crippen molar-refractivity contribution in [1.82, 2.24) is 0 Å². The molecule has 1 saturated carbocycles. The van der Waals surface area contributed by atoms with E-state index in [1.165, 1.54) is 6.07 Å². The van der Waals surface area contributed by atoms with Crippen molar-refractivity contribution in [2.24, 2.45) is 5.92 Å². The third kappa shape index (κ3) is 4.37. The van der Waals surface area contributed by atoms with E-state index in [2.05, 4.69) is 0 Å². The van der Waals surface area contributed by atoms with E-state index in [9.17, 15) is 14.3 Å². The van der Waals surface area contributed by atoms with Crippen LogP contribution in [0.15, 0.2) is 54.6 Å². The summed E-state index contributed by atoms with van der Waals surface area (Å²) in [5.74, 6) is -1.10. The molecule has 3 aromatic carbocycles. The van der Waals surface area contributed by atoms with Gasteiger partial charge >= 0.3 is 5.97 Å². The molecule has 6 heteroatoms. The molecule has 0 radical (unpaired) electrons. The fourth-order valence-electron chi connectivity index (χ4n) is 5.00. The zero-order chi connectivity index (χ0) is 23.8. The molecule has 2 atom stereocenters. The minimum absolute atomic E-state index is 0.0824. The number of carboxylic acid groups (broad SMARTS) is 1. The van der Waals surface area contributed by atoms with Crippen LogP contribution in [0, 0.1) is 17.6 Å². The monoisotopic (exact) mass is 464 g/mol. The van der Waals surface area contributed by atoms with Gasteiger partial charge in [-0.2, -0.15) is 0 Å². The molecule has 4 nitrogen and oxygen atoms in total. The Kier molecular flexibility index (Phi) is 5.98.